The van der Waals surface area contributed by atoms with Crippen molar-refractivity contribution in [1.82, 2.24) is 9.71 Å². The van der Waals surface area contributed by atoms with Crippen molar-refractivity contribution < 1.29 is 22.7 Å². The Kier molecular flexibility index (Phi) is 9.36. The van der Waals surface area contributed by atoms with Gasteiger partial charge in [0.15, 0.2) is 0 Å². The number of benzene rings is 2. The third kappa shape index (κ3) is 7.55. The fourth-order valence-electron chi connectivity index (χ4n) is 4.62. The lowest BCUT2D eigenvalue weighted by molar-refractivity contribution is -0.142. The quantitative estimate of drug-likeness (QED) is 0.367. The number of nitrogens with zero attached hydrogens (tertiary/aromatic N) is 2. The molecule has 1 unspecified atom stereocenters. The predicted octanol–water partition coefficient (Wildman–Crippen LogP) is 4.14. The zero-order valence-corrected chi connectivity index (χ0v) is 22.7. The van der Waals surface area contributed by atoms with Gasteiger partial charge in [0.05, 0.1) is 18.6 Å². The van der Waals surface area contributed by atoms with E-state index in [2.05, 4.69) is 26.7 Å². The van der Waals surface area contributed by atoms with Crippen LogP contribution in [0.5, 0.6) is 5.75 Å². The highest BCUT2D eigenvalue weighted by atomic mass is 32.2. The van der Waals surface area contributed by atoms with E-state index in [-0.39, 0.29) is 11.3 Å². The van der Waals surface area contributed by atoms with Crippen LogP contribution in [0.25, 0.3) is 0 Å². The fraction of sp³-hybridized carbons (Fsp3) is 0.379. The van der Waals surface area contributed by atoms with Gasteiger partial charge in [-0.1, -0.05) is 29.8 Å². The Bertz CT molecular complexity index is 1270. The smallest absolute Gasteiger partial charge is 0.324 e. The second-order valence-corrected chi connectivity index (χ2v) is 11.3. The Balaban J connectivity index is 1.26. The van der Waals surface area contributed by atoms with Crippen LogP contribution < -0.4 is 14.4 Å². The molecule has 9 heteroatoms. The van der Waals surface area contributed by atoms with Gasteiger partial charge in [-0.15, -0.1) is 0 Å². The van der Waals surface area contributed by atoms with E-state index in [1.54, 1.807) is 12.1 Å². The van der Waals surface area contributed by atoms with Crippen molar-refractivity contribution in [3.8, 4) is 5.75 Å². The average Bonchev–Trinajstić information content (AvgIpc) is 2.94. The number of nitrogens with one attached hydrogen (secondary N) is 1. The average molecular weight is 538 g/mol. The minimum absolute atomic E-state index is 0.101. The largest absolute Gasteiger partial charge is 0.494 e. The van der Waals surface area contributed by atoms with Gasteiger partial charge < -0.3 is 14.4 Å². The molecule has 202 valence electrons. The summed E-state index contributed by atoms with van der Waals surface area (Å²) in [6.45, 7) is 4.60. The predicted molar refractivity (Wildman–Crippen MR) is 147 cm³/mol. The van der Waals surface area contributed by atoms with Crippen LogP contribution in [0.2, 0.25) is 0 Å². The summed E-state index contributed by atoms with van der Waals surface area (Å²) in [5, 5.41) is 0. The number of carbonyl (C=O) groups excluding carboxylic acids is 1. The number of sulfonamides is 1. The van der Waals surface area contributed by atoms with Crippen molar-refractivity contribution in [1.29, 1.82) is 0 Å². The molecule has 1 fully saturated rings. The first-order valence-corrected chi connectivity index (χ1v) is 14.4. The maximum Gasteiger partial charge on any atom is 0.324 e. The Morgan fingerprint density at radius 1 is 1.03 bits per heavy atom. The summed E-state index contributed by atoms with van der Waals surface area (Å²) in [7, 11) is -2.64. The number of carbonyl (C=O) groups is 1. The number of piperidine rings is 1. The molecule has 0 aliphatic carbocycles. The number of aromatic nitrogens is 1. The van der Waals surface area contributed by atoms with Crippen LogP contribution in [-0.2, 0) is 26.0 Å². The molecule has 2 aromatic carbocycles. The van der Waals surface area contributed by atoms with Gasteiger partial charge in [-0.05, 0) is 80.5 Å². The molecule has 1 N–H and O–H groups in total. The molecular weight excluding hydrogens is 502 g/mol. The SMILES string of the molecule is COC(=O)C(Cc1ccc(OCCC2CCN(c3ccncc3)CC2)cc1)NS(=O)(=O)c1ccc(C)cc1. The minimum Gasteiger partial charge on any atom is -0.494 e. The lowest BCUT2D eigenvalue weighted by Gasteiger charge is -2.33. The monoisotopic (exact) mass is 537 g/mol. The first-order chi connectivity index (χ1) is 18.3. The number of methoxy groups -OCH3 is 1. The summed E-state index contributed by atoms with van der Waals surface area (Å²) >= 11 is 0. The molecule has 1 saturated heterocycles. The van der Waals surface area contributed by atoms with Crippen LogP contribution in [0.4, 0.5) is 5.69 Å². The van der Waals surface area contributed by atoms with Gasteiger partial charge in [-0.2, -0.15) is 4.72 Å². The maximum absolute atomic E-state index is 12.8. The number of pyridine rings is 1. The van der Waals surface area contributed by atoms with Crippen LogP contribution in [-0.4, -0.2) is 52.2 Å². The maximum atomic E-state index is 12.8. The van der Waals surface area contributed by atoms with Crippen molar-refractivity contribution >= 4 is 21.7 Å². The molecule has 2 heterocycles. The van der Waals surface area contributed by atoms with E-state index in [1.807, 2.05) is 43.6 Å². The molecule has 3 aromatic rings. The fourth-order valence-corrected chi connectivity index (χ4v) is 5.81. The molecule has 0 saturated carbocycles. The van der Waals surface area contributed by atoms with Gasteiger partial charge in [0.25, 0.3) is 0 Å². The highest BCUT2D eigenvalue weighted by molar-refractivity contribution is 7.89. The van der Waals surface area contributed by atoms with E-state index in [4.69, 9.17) is 9.47 Å². The Morgan fingerprint density at radius 2 is 1.68 bits per heavy atom. The molecule has 1 atom stereocenters. The number of esters is 1. The van der Waals surface area contributed by atoms with Gasteiger partial charge >= 0.3 is 5.97 Å². The molecule has 8 nitrogen and oxygen atoms in total. The van der Waals surface area contributed by atoms with Crippen LogP contribution in [0.15, 0.2) is 78.0 Å². The lowest BCUT2D eigenvalue weighted by Crippen LogP contribution is -2.42. The van der Waals surface area contributed by atoms with Gasteiger partial charge in [0, 0.05) is 31.2 Å². The van der Waals surface area contributed by atoms with Gasteiger partial charge in [-0.3, -0.25) is 9.78 Å². The van der Waals surface area contributed by atoms with E-state index in [9.17, 15) is 13.2 Å². The highest BCUT2D eigenvalue weighted by Gasteiger charge is 2.27. The molecular formula is C29H35N3O5S. The number of aryl methyl sites for hydroxylation is 1. The Hall–Kier alpha value is -3.43. The zero-order valence-electron chi connectivity index (χ0n) is 21.9. The second-order valence-electron chi connectivity index (χ2n) is 9.63. The van der Waals surface area contributed by atoms with Crippen molar-refractivity contribution in [2.45, 2.75) is 43.5 Å². The normalized spacial score (nSPS) is 15.2. The van der Waals surface area contributed by atoms with Gasteiger partial charge in [-0.25, -0.2) is 8.42 Å². The number of anilines is 1. The summed E-state index contributed by atoms with van der Waals surface area (Å²) in [6.07, 6.45) is 7.10. The van der Waals surface area contributed by atoms with E-state index < -0.39 is 22.0 Å². The summed E-state index contributed by atoms with van der Waals surface area (Å²) < 4.78 is 38.9. The van der Waals surface area contributed by atoms with Crippen LogP contribution in [0.1, 0.15) is 30.4 Å². The van der Waals surface area contributed by atoms with Crippen molar-refractivity contribution in [2.24, 2.45) is 5.92 Å². The molecule has 0 radical (unpaired) electrons. The van der Waals surface area contributed by atoms with Crippen molar-refractivity contribution in [2.75, 3.05) is 31.7 Å². The van der Waals surface area contributed by atoms with E-state index in [1.165, 1.54) is 24.9 Å². The molecule has 0 bridgehead atoms. The third-order valence-electron chi connectivity index (χ3n) is 6.91. The molecule has 1 aromatic heterocycles. The second kappa shape index (κ2) is 12.9. The van der Waals surface area contributed by atoms with Gasteiger partial charge in [0.2, 0.25) is 10.0 Å². The van der Waals surface area contributed by atoms with Crippen LogP contribution >= 0.6 is 0 Å². The summed E-state index contributed by atoms with van der Waals surface area (Å²) in [6, 6.07) is 16.9. The van der Waals surface area contributed by atoms with Crippen LogP contribution in [0, 0.1) is 12.8 Å². The topological polar surface area (TPSA) is 97.8 Å². The molecule has 1 aliphatic heterocycles. The number of ether oxygens (including phenoxy) is 2. The molecule has 4 rings (SSSR count). The highest BCUT2D eigenvalue weighted by Crippen LogP contribution is 2.25. The molecule has 38 heavy (non-hydrogen) atoms. The first-order valence-electron chi connectivity index (χ1n) is 12.9. The summed E-state index contributed by atoms with van der Waals surface area (Å²) in [5.41, 5.74) is 2.97. The number of hydrogen-bond donors (Lipinski definition) is 1. The molecule has 1 aliphatic rings. The van der Waals surface area contributed by atoms with E-state index in [0.717, 1.165) is 49.2 Å². The lowest BCUT2D eigenvalue weighted by atomic mass is 9.93. The first kappa shape index (κ1) is 27.6. The standard InChI is InChI=1S/C29H35N3O5S/c1-22-3-9-27(10-4-22)38(34,35)31-28(29(33)36-2)21-24-5-7-26(8-6-24)37-20-15-23-13-18-32(19-14-23)25-11-16-30-17-12-25/h3-12,16-17,23,28,31H,13-15,18-21H2,1-2H3. The van der Waals surface area contributed by atoms with Crippen molar-refractivity contribution in [3.63, 3.8) is 0 Å². The van der Waals surface area contributed by atoms with Crippen LogP contribution in [0.3, 0.4) is 0 Å². The Morgan fingerprint density at radius 3 is 2.32 bits per heavy atom. The number of hydrogen-bond acceptors (Lipinski definition) is 7. The number of rotatable bonds is 11. The third-order valence-corrected chi connectivity index (χ3v) is 8.40. The zero-order chi connectivity index (χ0) is 27.0. The summed E-state index contributed by atoms with van der Waals surface area (Å²) in [4.78, 5) is 19.0. The van der Waals surface area contributed by atoms with E-state index >= 15 is 0 Å². The summed E-state index contributed by atoms with van der Waals surface area (Å²) in [5.74, 6) is 0.739. The Labute approximate surface area is 225 Å². The molecule has 0 spiro atoms. The minimum atomic E-state index is -3.88. The molecule has 0 amide bonds. The van der Waals surface area contributed by atoms with Crippen molar-refractivity contribution in [3.05, 3.63) is 84.2 Å². The van der Waals surface area contributed by atoms with Gasteiger partial charge in [0.1, 0.15) is 11.8 Å². The van der Waals surface area contributed by atoms with E-state index in [0.29, 0.717) is 12.5 Å².